The molecule has 0 fully saturated rings. The second kappa shape index (κ2) is 6.21. The van der Waals surface area contributed by atoms with Crippen molar-refractivity contribution in [2.45, 2.75) is 19.9 Å². The number of hydrogen-bond acceptors (Lipinski definition) is 4. The smallest absolute Gasteiger partial charge is 0.293 e. The van der Waals surface area contributed by atoms with Gasteiger partial charge in [-0.15, -0.1) is 0 Å². The molecular weight excluding hydrogens is 266 g/mol. The fourth-order valence-corrected chi connectivity index (χ4v) is 2.07. The first-order valence-corrected chi connectivity index (χ1v) is 6.78. The van der Waals surface area contributed by atoms with Crippen molar-refractivity contribution < 1.29 is 0 Å². The largest absolute Gasteiger partial charge is 0.384 e. The van der Waals surface area contributed by atoms with Crippen LogP contribution in [0.1, 0.15) is 18.9 Å². The van der Waals surface area contributed by atoms with Crippen molar-refractivity contribution in [3.05, 3.63) is 52.6 Å². The monoisotopic (exact) mass is 285 g/mol. The number of nitrogens with two attached hydrogens (primary N) is 1. The molecule has 0 unspecified atom stereocenters. The summed E-state index contributed by atoms with van der Waals surface area (Å²) in [6.07, 6.45) is 4.22. The number of aryl methyl sites for hydroxylation is 1. The maximum Gasteiger partial charge on any atom is 0.293 e. The molecule has 6 nitrogen and oxygen atoms in total. The molecule has 2 aromatic rings. The fourth-order valence-electron chi connectivity index (χ4n) is 2.07. The summed E-state index contributed by atoms with van der Waals surface area (Å²) in [6, 6.07) is 7.13. The minimum Gasteiger partial charge on any atom is -0.384 e. The first-order valence-electron chi connectivity index (χ1n) is 6.78. The van der Waals surface area contributed by atoms with Gasteiger partial charge in [0.1, 0.15) is 5.84 Å². The number of rotatable bonds is 5. The standard InChI is InChI=1S/C15H19N5O/c1-3-9-20-10-8-18-14(15(20)21)19(2)12-6-4-11(5-7-12)13(16)17/h4-8,10H,3,9H2,1-2H3,(H3,16,17). The maximum atomic E-state index is 12.4. The van der Waals surface area contributed by atoms with Gasteiger partial charge in [0.25, 0.3) is 5.56 Å². The van der Waals surface area contributed by atoms with Gasteiger partial charge in [0.15, 0.2) is 5.82 Å². The zero-order valence-electron chi connectivity index (χ0n) is 12.2. The van der Waals surface area contributed by atoms with E-state index in [-0.39, 0.29) is 11.4 Å². The Hall–Kier alpha value is -2.63. The number of nitrogen functional groups attached to an aromatic ring is 1. The van der Waals surface area contributed by atoms with Crippen LogP contribution >= 0.6 is 0 Å². The number of anilines is 2. The van der Waals surface area contributed by atoms with Crippen LogP contribution in [0.15, 0.2) is 41.5 Å². The van der Waals surface area contributed by atoms with Gasteiger partial charge in [-0.2, -0.15) is 0 Å². The molecule has 0 spiro atoms. The van der Waals surface area contributed by atoms with Gasteiger partial charge >= 0.3 is 0 Å². The Morgan fingerprint density at radius 1 is 1.38 bits per heavy atom. The van der Waals surface area contributed by atoms with Gasteiger partial charge in [-0.25, -0.2) is 4.98 Å². The van der Waals surface area contributed by atoms with E-state index in [0.29, 0.717) is 17.9 Å². The molecule has 0 saturated carbocycles. The van der Waals surface area contributed by atoms with E-state index in [2.05, 4.69) is 4.98 Å². The molecule has 0 atom stereocenters. The normalized spacial score (nSPS) is 10.4. The molecule has 1 aromatic heterocycles. The molecule has 21 heavy (non-hydrogen) atoms. The average Bonchev–Trinajstić information content (AvgIpc) is 2.49. The Morgan fingerprint density at radius 3 is 2.62 bits per heavy atom. The highest BCUT2D eigenvalue weighted by molar-refractivity contribution is 5.95. The van der Waals surface area contributed by atoms with Crippen LogP contribution in [-0.2, 0) is 6.54 Å². The third kappa shape index (κ3) is 3.10. The summed E-state index contributed by atoms with van der Waals surface area (Å²) in [5.41, 5.74) is 6.79. The van der Waals surface area contributed by atoms with Crippen LogP contribution in [0.25, 0.3) is 0 Å². The SMILES string of the molecule is CCCn1ccnc(N(C)c2ccc(C(=N)N)cc2)c1=O. The Bertz CT molecular complexity index is 690. The van der Waals surface area contributed by atoms with Crippen LogP contribution in [0, 0.1) is 5.41 Å². The van der Waals surface area contributed by atoms with E-state index in [1.807, 2.05) is 19.1 Å². The second-order valence-electron chi connectivity index (χ2n) is 4.77. The van der Waals surface area contributed by atoms with Crippen molar-refractivity contribution in [1.29, 1.82) is 5.41 Å². The Morgan fingerprint density at radius 2 is 2.05 bits per heavy atom. The lowest BCUT2D eigenvalue weighted by Crippen LogP contribution is -2.28. The highest BCUT2D eigenvalue weighted by atomic mass is 16.1. The molecule has 0 aliphatic heterocycles. The highest BCUT2D eigenvalue weighted by Crippen LogP contribution is 2.19. The quantitative estimate of drug-likeness (QED) is 0.646. The van der Waals surface area contributed by atoms with Crippen LogP contribution in [0.5, 0.6) is 0 Å². The van der Waals surface area contributed by atoms with E-state index < -0.39 is 0 Å². The van der Waals surface area contributed by atoms with Crippen LogP contribution in [-0.4, -0.2) is 22.4 Å². The van der Waals surface area contributed by atoms with Gasteiger partial charge in [-0.3, -0.25) is 10.2 Å². The summed E-state index contributed by atoms with van der Waals surface area (Å²) in [7, 11) is 1.79. The van der Waals surface area contributed by atoms with E-state index >= 15 is 0 Å². The molecule has 1 aromatic carbocycles. The van der Waals surface area contributed by atoms with Crippen molar-refractivity contribution in [1.82, 2.24) is 9.55 Å². The van der Waals surface area contributed by atoms with Crippen molar-refractivity contribution in [2.75, 3.05) is 11.9 Å². The predicted molar refractivity (Wildman–Crippen MR) is 84.3 cm³/mol. The van der Waals surface area contributed by atoms with Crippen LogP contribution in [0.2, 0.25) is 0 Å². The third-order valence-corrected chi connectivity index (χ3v) is 3.24. The number of nitrogens with zero attached hydrogens (tertiary/aromatic N) is 3. The molecule has 0 bridgehead atoms. The molecule has 0 aliphatic carbocycles. The topological polar surface area (TPSA) is 88.0 Å². The lowest BCUT2D eigenvalue weighted by atomic mass is 10.2. The van der Waals surface area contributed by atoms with E-state index in [9.17, 15) is 4.79 Å². The Balaban J connectivity index is 2.35. The molecule has 110 valence electrons. The molecule has 3 N–H and O–H groups in total. The van der Waals surface area contributed by atoms with Gasteiger partial charge in [-0.05, 0) is 30.7 Å². The average molecular weight is 285 g/mol. The van der Waals surface area contributed by atoms with Gasteiger partial charge in [0.2, 0.25) is 0 Å². The lowest BCUT2D eigenvalue weighted by Gasteiger charge is -2.18. The molecule has 0 radical (unpaired) electrons. The Kier molecular flexibility index (Phi) is 4.37. The predicted octanol–water partition coefficient (Wildman–Crippen LogP) is 1.71. The molecule has 0 saturated heterocycles. The van der Waals surface area contributed by atoms with Gasteiger partial charge in [-0.1, -0.05) is 6.92 Å². The fraction of sp³-hybridized carbons (Fsp3) is 0.267. The summed E-state index contributed by atoms with van der Waals surface area (Å²) < 4.78 is 1.66. The summed E-state index contributed by atoms with van der Waals surface area (Å²) in [5.74, 6) is 0.397. The van der Waals surface area contributed by atoms with E-state index in [4.69, 9.17) is 11.1 Å². The molecule has 0 aliphatic rings. The molecule has 6 heteroatoms. The Labute approximate surface area is 123 Å². The highest BCUT2D eigenvalue weighted by Gasteiger charge is 2.11. The van der Waals surface area contributed by atoms with Crippen molar-refractivity contribution in [3.8, 4) is 0 Å². The summed E-state index contributed by atoms with van der Waals surface area (Å²) in [6.45, 7) is 2.70. The zero-order valence-corrected chi connectivity index (χ0v) is 12.2. The van der Waals surface area contributed by atoms with Crippen LogP contribution in [0.3, 0.4) is 0 Å². The number of aromatic nitrogens is 2. The second-order valence-corrected chi connectivity index (χ2v) is 4.77. The molecule has 2 rings (SSSR count). The minimum absolute atomic E-state index is 0.0207. The first-order chi connectivity index (χ1) is 10.0. The van der Waals surface area contributed by atoms with Crippen molar-refractivity contribution in [3.63, 3.8) is 0 Å². The minimum atomic E-state index is -0.113. The summed E-state index contributed by atoms with van der Waals surface area (Å²) >= 11 is 0. The maximum absolute atomic E-state index is 12.4. The first kappa shape index (κ1) is 14.8. The molecule has 0 amide bonds. The van der Waals surface area contributed by atoms with Crippen molar-refractivity contribution >= 4 is 17.3 Å². The zero-order chi connectivity index (χ0) is 15.4. The van der Waals surface area contributed by atoms with Gasteiger partial charge in [0, 0.05) is 37.2 Å². The van der Waals surface area contributed by atoms with E-state index in [1.165, 1.54) is 0 Å². The van der Waals surface area contributed by atoms with E-state index in [1.54, 1.807) is 41.0 Å². The number of amidine groups is 1. The van der Waals surface area contributed by atoms with Crippen LogP contribution < -0.4 is 16.2 Å². The third-order valence-electron chi connectivity index (χ3n) is 3.24. The number of hydrogen-bond donors (Lipinski definition) is 2. The summed E-state index contributed by atoms with van der Waals surface area (Å²) in [5, 5.41) is 7.38. The van der Waals surface area contributed by atoms with Gasteiger partial charge < -0.3 is 15.2 Å². The summed E-state index contributed by atoms with van der Waals surface area (Å²) in [4.78, 5) is 18.3. The molecule has 1 heterocycles. The number of nitrogens with one attached hydrogen (secondary N) is 1. The van der Waals surface area contributed by atoms with E-state index in [0.717, 1.165) is 12.1 Å². The van der Waals surface area contributed by atoms with Crippen LogP contribution in [0.4, 0.5) is 11.5 Å². The van der Waals surface area contributed by atoms with Gasteiger partial charge in [0.05, 0.1) is 0 Å². The van der Waals surface area contributed by atoms with Crippen molar-refractivity contribution in [2.24, 2.45) is 5.73 Å². The molecular formula is C15H19N5O. The number of benzene rings is 1. The lowest BCUT2D eigenvalue weighted by molar-refractivity contribution is 0.648.